The first kappa shape index (κ1) is 16.1. The Labute approximate surface area is 132 Å². The summed E-state index contributed by atoms with van der Waals surface area (Å²) in [7, 11) is 0. The van der Waals surface area contributed by atoms with Crippen LogP contribution in [0.3, 0.4) is 0 Å². The van der Waals surface area contributed by atoms with Crippen LogP contribution in [-0.2, 0) is 9.47 Å². The number of alkyl halides is 1. The Balaban J connectivity index is 1.78. The van der Waals surface area contributed by atoms with Crippen molar-refractivity contribution in [1.82, 2.24) is 4.90 Å². The van der Waals surface area contributed by atoms with Crippen LogP contribution in [0.1, 0.15) is 13.3 Å². The lowest BCUT2D eigenvalue weighted by atomic mass is 10.1. The van der Waals surface area contributed by atoms with Gasteiger partial charge in [0.15, 0.2) is 24.6 Å². The molecule has 3 rings (SSSR count). The highest BCUT2D eigenvalue weighted by Gasteiger charge is 2.51. The highest BCUT2D eigenvalue weighted by Crippen LogP contribution is 2.31. The number of halogens is 1. The monoisotopic (exact) mass is 329 g/mol. The number of aliphatic imine (C=N–C) groups is 3. The lowest BCUT2D eigenvalue weighted by molar-refractivity contribution is -0.0695. The number of guanidine groups is 1. The quantitative estimate of drug-likeness (QED) is 0.582. The first-order chi connectivity index (χ1) is 11.1. The third-order valence-electron chi connectivity index (χ3n) is 3.91. The minimum absolute atomic E-state index is 0.0144. The lowest BCUT2D eigenvalue weighted by Gasteiger charge is -2.32. The zero-order valence-electron chi connectivity index (χ0n) is 12.6. The molecule has 6 unspecified atom stereocenters. The molecule has 0 spiro atoms. The molecule has 3 aliphatic rings. The standard InChI is InChI=1S/C13H20FN5O4/c1-2-3-22-11-8-10(17-13(15)18-11)19(5-16-8)12-7(14)9(21)6(4-20)23-12/h5-10,12,20-21H,2-4H2,1H3,(H2,15,17). The molecule has 0 amide bonds. The first-order valence-electron chi connectivity index (χ1n) is 7.50. The summed E-state index contributed by atoms with van der Waals surface area (Å²) in [5, 5.41) is 18.9. The fourth-order valence-corrected chi connectivity index (χ4v) is 2.76. The zero-order chi connectivity index (χ0) is 16.6. The van der Waals surface area contributed by atoms with Gasteiger partial charge in [-0.2, -0.15) is 4.99 Å². The summed E-state index contributed by atoms with van der Waals surface area (Å²) in [5.74, 6) is 0.344. The van der Waals surface area contributed by atoms with Crippen molar-refractivity contribution in [2.45, 2.75) is 50.2 Å². The molecule has 0 radical (unpaired) electrons. The number of hydrogen-bond acceptors (Lipinski definition) is 9. The SMILES string of the molecule is CCCOC1=NC(N)=NC2C1N=CN2C1OC(CO)C(O)C1F. The molecule has 6 atom stereocenters. The second-order valence-electron chi connectivity index (χ2n) is 5.54. The highest BCUT2D eigenvalue weighted by molar-refractivity contribution is 5.99. The first-order valence-corrected chi connectivity index (χ1v) is 7.50. The van der Waals surface area contributed by atoms with E-state index in [0.717, 1.165) is 6.42 Å². The molecule has 1 fully saturated rings. The number of aliphatic hydroxyl groups excluding tert-OH is 2. The Bertz CT molecular complexity index is 542. The van der Waals surface area contributed by atoms with E-state index in [1.165, 1.54) is 11.2 Å². The molecule has 0 aromatic rings. The number of rotatable bonds is 4. The molecule has 3 heterocycles. The number of fused-ring (bicyclic) bond motifs is 1. The molecule has 0 bridgehead atoms. The highest BCUT2D eigenvalue weighted by atomic mass is 19.1. The summed E-state index contributed by atoms with van der Waals surface area (Å²) >= 11 is 0. The summed E-state index contributed by atoms with van der Waals surface area (Å²) in [5.41, 5.74) is 5.71. The lowest BCUT2D eigenvalue weighted by Crippen LogP contribution is -2.50. The van der Waals surface area contributed by atoms with E-state index < -0.39 is 43.4 Å². The van der Waals surface area contributed by atoms with E-state index in [-0.39, 0.29) is 5.96 Å². The van der Waals surface area contributed by atoms with Crippen LogP contribution in [0.5, 0.6) is 0 Å². The van der Waals surface area contributed by atoms with Gasteiger partial charge in [-0.05, 0) is 6.42 Å². The number of nitrogens with two attached hydrogens (primary N) is 1. The van der Waals surface area contributed by atoms with Gasteiger partial charge in [0.05, 0.1) is 19.6 Å². The summed E-state index contributed by atoms with van der Waals surface area (Å²) in [6.45, 7) is 1.94. The van der Waals surface area contributed by atoms with Gasteiger partial charge in [-0.1, -0.05) is 6.92 Å². The molecule has 23 heavy (non-hydrogen) atoms. The smallest absolute Gasteiger partial charge is 0.221 e. The van der Waals surface area contributed by atoms with Crippen molar-refractivity contribution < 1.29 is 24.1 Å². The minimum Gasteiger partial charge on any atom is -0.479 e. The number of ether oxygens (including phenoxy) is 2. The molecule has 0 aliphatic carbocycles. The van der Waals surface area contributed by atoms with E-state index in [9.17, 15) is 9.50 Å². The largest absolute Gasteiger partial charge is 0.479 e. The minimum atomic E-state index is -1.70. The van der Waals surface area contributed by atoms with Gasteiger partial charge in [-0.15, -0.1) is 0 Å². The van der Waals surface area contributed by atoms with E-state index in [1.807, 2.05) is 6.92 Å². The van der Waals surface area contributed by atoms with Crippen molar-refractivity contribution in [3.8, 4) is 0 Å². The van der Waals surface area contributed by atoms with Crippen LogP contribution < -0.4 is 5.73 Å². The van der Waals surface area contributed by atoms with Crippen molar-refractivity contribution in [2.24, 2.45) is 20.7 Å². The molecule has 0 aromatic carbocycles. The Morgan fingerprint density at radius 1 is 1.52 bits per heavy atom. The van der Waals surface area contributed by atoms with E-state index in [0.29, 0.717) is 12.5 Å². The third kappa shape index (κ3) is 2.77. The maximum atomic E-state index is 14.3. The fourth-order valence-electron chi connectivity index (χ4n) is 2.76. The van der Waals surface area contributed by atoms with Crippen LogP contribution in [0.2, 0.25) is 0 Å². The molecule has 10 heteroatoms. The van der Waals surface area contributed by atoms with E-state index in [1.54, 1.807) is 0 Å². The fraction of sp³-hybridized carbons (Fsp3) is 0.769. The van der Waals surface area contributed by atoms with Gasteiger partial charge >= 0.3 is 0 Å². The Morgan fingerprint density at radius 2 is 2.30 bits per heavy atom. The number of nitrogens with zero attached hydrogens (tertiary/aromatic N) is 4. The molecule has 1 saturated heterocycles. The van der Waals surface area contributed by atoms with Crippen LogP contribution in [0.15, 0.2) is 15.0 Å². The van der Waals surface area contributed by atoms with E-state index in [4.69, 9.17) is 20.3 Å². The van der Waals surface area contributed by atoms with Crippen molar-refractivity contribution in [3.63, 3.8) is 0 Å². The third-order valence-corrected chi connectivity index (χ3v) is 3.91. The van der Waals surface area contributed by atoms with Gasteiger partial charge < -0.3 is 30.3 Å². The van der Waals surface area contributed by atoms with Crippen LogP contribution in [0.25, 0.3) is 0 Å². The Kier molecular flexibility index (Phi) is 4.46. The van der Waals surface area contributed by atoms with Gasteiger partial charge in [0, 0.05) is 0 Å². The second-order valence-corrected chi connectivity index (χ2v) is 5.54. The molecule has 4 N–H and O–H groups in total. The topological polar surface area (TPSA) is 125 Å². The average molecular weight is 329 g/mol. The Morgan fingerprint density at radius 3 is 2.96 bits per heavy atom. The normalized spacial score (nSPS) is 39.2. The van der Waals surface area contributed by atoms with Crippen molar-refractivity contribution in [1.29, 1.82) is 0 Å². The summed E-state index contributed by atoms with van der Waals surface area (Å²) in [6.07, 6.45) is -3.67. The summed E-state index contributed by atoms with van der Waals surface area (Å²) in [6, 6.07) is -0.532. The number of aliphatic hydroxyl groups is 2. The van der Waals surface area contributed by atoms with Crippen LogP contribution in [0.4, 0.5) is 4.39 Å². The Hall–Kier alpha value is -1.78. The summed E-state index contributed by atoms with van der Waals surface area (Å²) < 4.78 is 25.2. The van der Waals surface area contributed by atoms with Crippen LogP contribution in [0, 0.1) is 0 Å². The number of hydrogen-bond donors (Lipinski definition) is 3. The maximum absolute atomic E-state index is 14.3. The molecule has 0 saturated carbocycles. The van der Waals surface area contributed by atoms with Gasteiger partial charge in [0.25, 0.3) is 0 Å². The van der Waals surface area contributed by atoms with Gasteiger partial charge in [-0.3, -0.25) is 4.99 Å². The molecular formula is C13H20FN5O4. The molecule has 9 nitrogen and oxygen atoms in total. The van der Waals surface area contributed by atoms with Crippen LogP contribution >= 0.6 is 0 Å². The van der Waals surface area contributed by atoms with E-state index >= 15 is 0 Å². The van der Waals surface area contributed by atoms with Gasteiger partial charge in [0.1, 0.15) is 12.2 Å². The predicted octanol–water partition coefficient (Wildman–Crippen LogP) is -1.41. The summed E-state index contributed by atoms with van der Waals surface area (Å²) in [4.78, 5) is 13.9. The van der Waals surface area contributed by atoms with Gasteiger partial charge in [0.2, 0.25) is 11.9 Å². The average Bonchev–Trinajstić information content (AvgIpc) is 3.07. The van der Waals surface area contributed by atoms with Gasteiger partial charge in [-0.25, -0.2) is 9.38 Å². The van der Waals surface area contributed by atoms with E-state index in [2.05, 4.69) is 15.0 Å². The predicted molar refractivity (Wildman–Crippen MR) is 79.9 cm³/mol. The van der Waals surface area contributed by atoms with Crippen molar-refractivity contribution >= 4 is 18.2 Å². The second kappa shape index (κ2) is 6.38. The molecule has 3 aliphatic heterocycles. The molecule has 128 valence electrons. The molecule has 0 aromatic heterocycles. The van der Waals surface area contributed by atoms with Crippen LogP contribution in [-0.4, -0.2) is 83.3 Å². The van der Waals surface area contributed by atoms with Crippen molar-refractivity contribution in [3.05, 3.63) is 0 Å². The zero-order valence-corrected chi connectivity index (χ0v) is 12.6. The maximum Gasteiger partial charge on any atom is 0.221 e. The van der Waals surface area contributed by atoms with Crippen molar-refractivity contribution in [2.75, 3.05) is 13.2 Å². The molecular weight excluding hydrogens is 309 g/mol.